The van der Waals surface area contributed by atoms with Gasteiger partial charge in [-0.05, 0) is 24.6 Å². The SMILES string of the molecule is COCCCN(C)S(=O)(=O)c1ccc(Cl)c(N)c1. The summed E-state index contributed by atoms with van der Waals surface area (Å²) in [5, 5.41) is 0.344. The maximum absolute atomic E-state index is 12.2. The van der Waals surface area contributed by atoms with Crippen LogP contribution in [0, 0.1) is 0 Å². The molecule has 2 N–H and O–H groups in total. The molecule has 0 spiro atoms. The molecule has 0 radical (unpaired) electrons. The molecule has 0 heterocycles. The maximum atomic E-state index is 12.2. The molecule has 7 heteroatoms. The summed E-state index contributed by atoms with van der Waals surface area (Å²) in [6.45, 7) is 0.904. The van der Waals surface area contributed by atoms with Gasteiger partial charge in [-0.3, -0.25) is 0 Å². The van der Waals surface area contributed by atoms with Crippen molar-refractivity contribution in [2.75, 3.05) is 33.0 Å². The summed E-state index contributed by atoms with van der Waals surface area (Å²) in [6, 6.07) is 4.29. The zero-order chi connectivity index (χ0) is 13.8. The van der Waals surface area contributed by atoms with E-state index >= 15 is 0 Å². The number of ether oxygens (including phenoxy) is 1. The van der Waals surface area contributed by atoms with Gasteiger partial charge in [0.25, 0.3) is 0 Å². The van der Waals surface area contributed by atoms with Crippen molar-refractivity contribution in [3.05, 3.63) is 23.2 Å². The molecule has 5 nitrogen and oxygen atoms in total. The van der Waals surface area contributed by atoms with E-state index in [2.05, 4.69) is 0 Å². The fourth-order valence-corrected chi connectivity index (χ4v) is 2.78. The second kappa shape index (κ2) is 6.38. The van der Waals surface area contributed by atoms with Crippen molar-refractivity contribution >= 4 is 27.3 Å². The summed E-state index contributed by atoms with van der Waals surface area (Å²) >= 11 is 5.76. The minimum Gasteiger partial charge on any atom is -0.397 e. The van der Waals surface area contributed by atoms with Crippen LogP contribution in [0.2, 0.25) is 5.02 Å². The number of nitrogens with zero attached hydrogens (tertiary/aromatic N) is 1. The Bertz CT molecular complexity index is 505. The van der Waals surface area contributed by atoms with E-state index in [0.29, 0.717) is 24.6 Å². The minimum absolute atomic E-state index is 0.143. The van der Waals surface area contributed by atoms with Crippen LogP contribution in [0.4, 0.5) is 5.69 Å². The molecule has 0 atom stereocenters. The molecule has 0 fully saturated rings. The second-order valence-corrected chi connectivity index (χ2v) is 6.31. The lowest BCUT2D eigenvalue weighted by Gasteiger charge is -2.17. The summed E-state index contributed by atoms with van der Waals surface area (Å²) in [4.78, 5) is 0.143. The average molecular weight is 293 g/mol. The number of hydrogen-bond acceptors (Lipinski definition) is 4. The number of hydrogen-bond donors (Lipinski definition) is 1. The van der Waals surface area contributed by atoms with Crippen molar-refractivity contribution in [1.29, 1.82) is 0 Å². The van der Waals surface area contributed by atoms with E-state index in [1.165, 1.54) is 29.6 Å². The molecule has 0 amide bonds. The number of benzene rings is 1. The van der Waals surface area contributed by atoms with Gasteiger partial charge in [0.2, 0.25) is 10.0 Å². The number of halogens is 1. The Kier molecular flexibility index (Phi) is 5.40. The summed E-state index contributed by atoms with van der Waals surface area (Å²) < 4.78 is 30.5. The third-order valence-electron chi connectivity index (χ3n) is 2.50. The van der Waals surface area contributed by atoms with Crippen molar-refractivity contribution < 1.29 is 13.2 Å². The Morgan fingerprint density at radius 1 is 1.44 bits per heavy atom. The van der Waals surface area contributed by atoms with Gasteiger partial charge in [0.05, 0.1) is 15.6 Å². The first kappa shape index (κ1) is 15.2. The summed E-state index contributed by atoms with van der Waals surface area (Å²) in [5.41, 5.74) is 5.86. The zero-order valence-electron chi connectivity index (χ0n) is 10.4. The molecule has 0 saturated carbocycles. The van der Waals surface area contributed by atoms with Crippen molar-refractivity contribution in [2.45, 2.75) is 11.3 Å². The number of nitrogen functional groups attached to an aromatic ring is 1. The zero-order valence-corrected chi connectivity index (χ0v) is 12.0. The first-order valence-electron chi connectivity index (χ1n) is 5.40. The highest BCUT2D eigenvalue weighted by Crippen LogP contribution is 2.23. The third kappa shape index (κ3) is 3.58. The van der Waals surface area contributed by atoms with Gasteiger partial charge >= 0.3 is 0 Å². The number of nitrogens with two attached hydrogens (primary N) is 1. The highest BCUT2D eigenvalue weighted by molar-refractivity contribution is 7.89. The van der Waals surface area contributed by atoms with Crippen LogP contribution in [-0.2, 0) is 14.8 Å². The fourth-order valence-electron chi connectivity index (χ4n) is 1.41. The number of sulfonamides is 1. The molecule has 0 aliphatic carbocycles. The van der Waals surface area contributed by atoms with Gasteiger partial charge in [-0.25, -0.2) is 12.7 Å². The molecule has 102 valence electrons. The van der Waals surface area contributed by atoms with Crippen LogP contribution >= 0.6 is 11.6 Å². The van der Waals surface area contributed by atoms with Crippen LogP contribution in [0.3, 0.4) is 0 Å². The van der Waals surface area contributed by atoms with Crippen molar-refractivity contribution in [3.63, 3.8) is 0 Å². The smallest absolute Gasteiger partial charge is 0.242 e. The second-order valence-electron chi connectivity index (χ2n) is 3.86. The van der Waals surface area contributed by atoms with Crippen LogP contribution in [-0.4, -0.2) is 40.0 Å². The fraction of sp³-hybridized carbons (Fsp3) is 0.455. The topological polar surface area (TPSA) is 72.6 Å². The predicted molar refractivity (Wildman–Crippen MR) is 72.2 cm³/mol. The Morgan fingerprint density at radius 3 is 2.67 bits per heavy atom. The molecule has 1 aromatic rings. The van der Waals surface area contributed by atoms with Crippen molar-refractivity contribution in [1.82, 2.24) is 4.31 Å². The standard InChI is InChI=1S/C11H17ClN2O3S/c1-14(6-3-7-17-2)18(15,16)9-4-5-10(12)11(13)8-9/h4-5,8H,3,6-7,13H2,1-2H3. The summed E-state index contributed by atoms with van der Waals surface area (Å²) in [5.74, 6) is 0. The van der Waals surface area contributed by atoms with Crippen LogP contribution < -0.4 is 5.73 Å². The first-order chi connectivity index (χ1) is 8.39. The van der Waals surface area contributed by atoms with E-state index in [0.717, 1.165) is 0 Å². The highest BCUT2D eigenvalue weighted by Gasteiger charge is 2.20. The van der Waals surface area contributed by atoms with Crippen molar-refractivity contribution in [3.8, 4) is 0 Å². The molecular weight excluding hydrogens is 276 g/mol. The lowest BCUT2D eigenvalue weighted by molar-refractivity contribution is 0.189. The van der Waals surface area contributed by atoms with Gasteiger partial charge in [0, 0.05) is 27.3 Å². The molecule has 1 rings (SSSR count). The normalized spacial score (nSPS) is 12.0. The lowest BCUT2D eigenvalue weighted by Crippen LogP contribution is -2.28. The van der Waals surface area contributed by atoms with E-state index in [1.54, 1.807) is 7.11 Å². The Labute approximate surface area is 113 Å². The van der Waals surface area contributed by atoms with Crippen LogP contribution in [0.25, 0.3) is 0 Å². The monoisotopic (exact) mass is 292 g/mol. The van der Waals surface area contributed by atoms with E-state index in [9.17, 15) is 8.42 Å². The first-order valence-corrected chi connectivity index (χ1v) is 7.21. The minimum atomic E-state index is -3.52. The lowest BCUT2D eigenvalue weighted by atomic mass is 10.3. The van der Waals surface area contributed by atoms with Gasteiger partial charge in [-0.2, -0.15) is 0 Å². The van der Waals surface area contributed by atoms with Gasteiger partial charge in [0.1, 0.15) is 0 Å². The molecular formula is C11H17ClN2O3S. The Hall–Kier alpha value is -0.820. The Morgan fingerprint density at radius 2 is 2.11 bits per heavy atom. The van der Waals surface area contributed by atoms with E-state index in [-0.39, 0.29) is 10.6 Å². The molecule has 0 aromatic heterocycles. The molecule has 1 aromatic carbocycles. The molecule has 0 bridgehead atoms. The van der Waals surface area contributed by atoms with Crippen LogP contribution in [0.5, 0.6) is 0 Å². The van der Waals surface area contributed by atoms with Crippen molar-refractivity contribution in [2.24, 2.45) is 0 Å². The summed E-state index contributed by atoms with van der Waals surface area (Å²) in [7, 11) is -0.418. The van der Waals surface area contributed by atoms with Crippen LogP contribution in [0.1, 0.15) is 6.42 Å². The predicted octanol–water partition coefficient (Wildman–Crippen LogP) is 1.58. The molecule has 0 aliphatic heterocycles. The number of methoxy groups -OCH3 is 1. The molecule has 0 aliphatic rings. The number of anilines is 1. The average Bonchev–Trinajstić information content (AvgIpc) is 2.32. The van der Waals surface area contributed by atoms with E-state index in [4.69, 9.17) is 22.1 Å². The van der Waals surface area contributed by atoms with Crippen LogP contribution in [0.15, 0.2) is 23.1 Å². The van der Waals surface area contributed by atoms with Gasteiger partial charge in [0.15, 0.2) is 0 Å². The van der Waals surface area contributed by atoms with Gasteiger partial charge < -0.3 is 10.5 Å². The quantitative estimate of drug-likeness (QED) is 0.638. The molecule has 18 heavy (non-hydrogen) atoms. The molecule has 0 unspecified atom stereocenters. The van der Waals surface area contributed by atoms with Gasteiger partial charge in [-0.15, -0.1) is 0 Å². The Balaban J connectivity index is 2.88. The number of rotatable bonds is 6. The largest absolute Gasteiger partial charge is 0.397 e. The highest BCUT2D eigenvalue weighted by atomic mass is 35.5. The van der Waals surface area contributed by atoms with E-state index < -0.39 is 10.0 Å². The third-order valence-corrected chi connectivity index (χ3v) is 4.69. The van der Waals surface area contributed by atoms with Gasteiger partial charge in [-0.1, -0.05) is 11.6 Å². The maximum Gasteiger partial charge on any atom is 0.242 e. The molecule has 0 saturated heterocycles. The summed E-state index contributed by atoms with van der Waals surface area (Å²) in [6.07, 6.45) is 0.634. The van der Waals surface area contributed by atoms with E-state index in [1.807, 2.05) is 0 Å².